The fourth-order valence-corrected chi connectivity index (χ4v) is 3.66. The summed E-state index contributed by atoms with van der Waals surface area (Å²) in [4.78, 5) is 15.8. The van der Waals surface area contributed by atoms with Gasteiger partial charge in [-0.2, -0.15) is 0 Å². The number of hydrogen-bond acceptors (Lipinski definition) is 4. The number of piperidine rings is 1. The van der Waals surface area contributed by atoms with Gasteiger partial charge in [-0.15, -0.1) is 0 Å². The second kappa shape index (κ2) is 7.05. The van der Waals surface area contributed by atoms with Crippen molar-refractivity contribution < 1.29 is 0 Å². The minimum atomic E-state index is 0.506. The molecule has 3 aromatic heterocycles. The Morgan fingerprint density at radius 3 is 2.64 bits per heavy atom. The highest BCUT2D eigenvalue weighted by molar-refractivity contribution is 5.46. The van der Waals surface area contributed by atoms with Crippen LogP contribution in [0.3, 0.4) is 0 Å². The molecule has 1 fully saturated rings. The van der Waals surface area contributed by atoms with Crippen molar-refractivity contribution in [3.63, 3.8) is 0 Å². The molecular weight excluding hydrogens is 310 g/mol. The number of hydrogen-bond donors (Lipinski definition) is 0. The van der Waals surface area contributed by atoms with E-state index in [0.717, 1.165) is 38.3 Å². The van der Waals surface area contributed by atoms with Crippen molar-refractivity contribution in [1.82, 2.24) is 19.5 Å². The molecule has 3 aromatic rings. The van der Waals surface area contributed by atoms with Gasteiger partial charge in [0.05, 0.1) is 6.54 Å². The SMILES string of the molecule is Cc1cccnc1N1CCC(c2nccn2Cc2cccnc2)CC1. The monoisotopic (exact) mass is 333 g/mol. The summed E-state index contributed by atoms with van der Waals surface area (Å²) < 4.78 is 2.27. The zero-order chi connectivity index (χ0) is 17.1. The van der Waals surface area contributed by atoms with Crippen LogP contribution in [-0.2, 0) is 6.54 Å². The van der Waals surface area contributed by atoms with Crippen molar-refractivity contribution in [2.24, 2.45) is 0 Å². The van der Waals surface area contributed by atoms with Crippen LogP contribution >= 0.6 is 0 Å². The summed E-state index contributed by atoms with van der Waals surface area (Å²) in [6, 6.07) is 8.23. The molecule has 0 amide bonds. The lowest BCUT2D eigenvalue weighted by Gasteiger charge is -2.33. The Morgan fingerprint density at radius 2 is 1.88 bits per heavy atom. The summed E-state index contributed by atoms with van der Waals surface area (Å²) >= 11 is 0. The van der Waals surface area contributed by atoms with E-state index in [-0.39, 0.29) is 0 Å². The normalized spacial score (nSPS) is 15.5. The molecule has 0 atom stereocenters. The number of anilines is 1. The van der Waals surface area contributed by atoms with Gasteiger partial charge in [0.15, 0.2) is 0 Å². The molecule has 0 spiro atoms. The first-order chi connectivity index (χ1) is 12.3. The molecule has 1 aliphatic rings. The van der Waals surface area contributed by atoms with Gasteiger partial charge in [0, 0.05) is 50.0 Å². The Hall–Kier alpha value is -2.69. The molecule has 5 nitrogen and oxygen atoms in total. The van der Waals surface area contributed by atoms with Gasteiger partial charge < -0.3 is 9.47 Å². The second-order valence-corrected chi connectivity index (χ2v) is 6.68. The number of imidazole rings is 1. The maximum absolute atomic E-state index is 4.66. The Kier molecular flexibility index (Phi) is 4.46. The highest BCUT2D eigenvalue weighted by atomic mass is 15.2. The molecule has 4 heterocycles. The summed E-state index contributed by atoms with van der Waals surface area (Å²) in [6.45, 7) is 5.03. The lowest BCUT2D eigenvalue weighted by molar-refractivity contribution is 0.468. The summed E-state index contributed by atoms with van der Waals surface area (Å²) in [5, 5.41) is 0. The minimum absolute atomic E-state index is 0.506. The van der Waals surface area contributed by atoms with E-state index >= 15 is 0 Å². The largest absolute Gasteiger partial charge is 0.356 e. The molecule has 4 rings (SSSR count). The predicted molar refractivity (Wildman–Crippen MR) is 98.7 cm³/mol. The molecular formula is C20H23N5. The third-order valence-corrected chi connectivity index (χ3v) is 4.96. The Morgan fingerprint density at radius 1 is 1.04 bits per heavy atom. The van der Waals surface area contributed by atoms with Gasteiger partial charge in [-0.05, 0) is 43.0 Å². The van der Waals surface area contributed by atoms with E-state index in [1.807, 2.05) is 36.9 Å². The number of pyridine rings is 2. The van der Waals surface area contributed by atoms with Gasteiger partial charge in [0.1, 0.15) is 11.6 Å². The highest BCUT2D eigenvalue weighted by Gasteiger charge is 2.25. The van der Waals surface area contributed by atoms with Crippen molar-refractivity contribution in [3.05, 3.63) is 72.2 Å². The summed E-state index contributed by atoms with van der Waals surface area (Å²) in [7, 11) is 0. The van der Waals surface area contributed by atoms with E-state index in [9.17, 15) is 0 Å². The van der Waals surface area contributed by atoms with Gasteiger partial charge in [0.25, 0.3) is 0 Å². The van der Waals surface area contributed by atoms with E-state index in [4.69, 9.17) is 0 Å². The fraction of sp³-hybridized carbons (Fsp3) is 0.350. The Bertz CT molecular complexity index is 819. The molecule has 0 aliphatic carbocycles. The van der Waals surface area contributed by atoms with Crippen LogP contribution < -0.4 is 4.90 Å². The smallest absolute Gasteiger partial charge is 0.131 e. The summed E-state index contributed by atoms with van der Waals surface area (Å²) in [5.74, 6) is 2.83. The van der Waals surface area contributed by atoms with Crippen LogP contribution in [0.1, 0.15) is 35.7 Å². The van der Waals surface area contributed by atoms with Crippen molar-refractivity contribution in [2.45, 2.75) is 32.2 Å². The molecule has 0 bridgehead atoms. The van der Waals surface area contributed by atoms with Crippen molar-refractivity contribution in [3.8, 4) is 0 Å². The van der Waals surface area contributed by atoms with E-state index in [1.54, 1.807) is 0 Å². The molecule has 25 heavy (non-hydrogen) atoms. The Balaban J connectivity index is 1.45. The van der Waals surface area contributed by atoms with Gasteiger partial charge in [-0.25, -0.2) is 9.97 Å². The van der Waals surface area contributed by atoms with Gasteiger partial charge in [-0.1, -0.05) is 12.1 Å². The van der Waals surface area contributed by atoms with E-state index in [2.05, 4.69) is 49.7 Å². The van der Waals surface area contributed by atoms with Gasteiger partial charge in [0.2, 0.25) is 0 Å². The zero-order valence-electron chi connectivity index (χ0n) is 14.5. The van der Waals surface area contributed by atoms with Crippen LogP contribution in [-0.4, -0.2) is 32.6 Å². The second-order valence-electron chi connectivity index (χ2n) is 6.68. The lowest BCUT2D eigenvalue weighted by atomic mass is 9.95. The first kappa shape index (κ1) is 15.8. The highest BCUT2D eigenvalue weighted by Crippen LogP contribution is 2.30. The molecule has 1 saturated heterocycles. The van der Waals surface area contributed by atoms with Crippen molar-refractivity contribution in [2.75, 3.05) is 18.0 Å². The standard InChI is InChI=1S/C20H23N5/c1-16-4-2-9-22-19(16)24-11-6-18(7-12-24)20-23-10-13-25(20)15-17-5-3-8-21-14-17/h2-5,8-10,13-14,18H,6-7,11-12,15H2,1H3. The van der Waals surface area contributed by atoms with Crippen LogP contribution in [0.25, 0.3) is 0 Å². The average molecular weight is 333 g/mol. The first-order valence-corrected chi connectivity index (χ1v) is 8.88. The molecule has 0 unspecified atom stereocenters. The molecule has 128 valence electrons. The summed E-state index contributed by atoms with van der Waals surface area (Å²) in [5.41, 5.74) is 2.46. The lowest BCUT2D eigenvalue weighted by Crippen LogP contribution is -2.34. The topological polar surface area (TPSA) is 46.8 Å². The number of nitrogens with zero attached hydrogens (tertiary/aromatic N) is 5. The van der Waals surface area contributed by atoms with Crippen LogP contribution in [0, 0.1) is 6.92 Å². The quantitative estimate of drug-likeness (QED) is 0.734. The van der Waals surface area contributed by atoms with E-state index in [1.165, 1.54) is 17.0 Å². The van der Waals surface area contributed by atoms with Gasteiger partial charge in [-0.3, -0.25) is 4.98 Å². The van der Waals surface area contributed by atoms with E-state index in [0.29, 0.717) is 5.92 Å². The molecule has 0 aromatic carbocycles. The number of rotatable bonds is 4. The molecule has 0 saturated carbocycles. The Labute approximate surface area is 148 Å². The predicted octanol–water partition coefficient (Wildman–Crippen LogP) is 3.41. The maximum Gasteiger partial charge on any atom is 0.131 e. The number of aromatic nitrogens is 4. The first-order valence-electron chi connectivity index (χ1n) is 8.88. The molecule has 0 radical (unpaired) electrons. The maximum atomic E-state index is 4.66. The zero-order valence-corrected chi connectivity index (χ0v) is 14.5. The van der Waals surface area contributed by atoms with Crippen molar-refractivity contribution in [1.29, 1.82) is 0 Å². The average Bonchev–Trinajstić information content (AvgIpc) is 3.11. The molecule has 0 N–H and O–H groups in total. The fourth-order valence-electron chi connectivity index (χ4n) is 3.66. The van der Waals surface area contributed by atoms with Crippen LogP contribution in [0.15, 0.2) is 55.2 Å². The summed E-state index contributed by atoms with van der Waals surface area (Å²) in [6.07, 6.45) is 11.8. The van der Waals surface area contributed by atoms with Crippen LogP contribution in [0.5, 0.6) is 0 Å². The third kappa shape index (κ3) is 3.40. The van der Waals surface area contributed by atoms with Crippen LogP contribution in [0.4, 0.5) is 5.82 Å². The number of aryl methyl sites for hydroxylation is 1. The van der Waals surface area contributed by atoms with Gasteiger partial charge >= 0.3 is 0 Å². The third-order valence-electron chi connectivity index (χ3n) is 4.96. The molecule has 5 heteroatoms. The molecule has 1 aliphatic heterocycles. The minimum Gasteiger partial charge on any atom is -0.356 e. The van der Waals surface area contributed by atoms with E-state index < -0.39 is 0 Å². The van der Waals surface area contributed by atoms with Crippen LogP contribution in [0.2, 0.25) is 0 Å². The van der Waals surface area contributed by atoms with Crippen molar-refractivity contribution >= 4 is 5.82 Å².